The molecule has 130 valence electrons. The van der Waals surface area contributed by atoms with Gasteiger partial charge in [0.1, 0.15) is 6.61 Å². The summed E-state index contributed by atoms with van der Waals surface area (Å²) in [7, 11) is 0. The number of carbonyl (C=O) groups is 2. The van der Waals surface area contributed by atoms with Gasteiger partial charge < -0.3 is 15.4 Å². The Kier molecular flexibility index (Phi) is 16.1. The number of hydrogen-bond donors (Lipinski definition) is 2. The van der Waals surface area contributed by atoms with Crippen molar-refractivity contribution in [1.29, 1.82) is 0 Å². The van der Waals surface area contributed by atoms with Crippen LogP contribution in [0.15, 0.2) is 0 Å². The molecule has 0 aliphatic heterocycles. The molecule has 0 radical (unpaired) electrons. The van der Waals surface area contributed by atoms with E-state index in [0.29, 0.717) is 13.2 Å². The topological polar surface area (TPSA) is 67.4 Å². The van der Waals surface area contributed by atoms with Gasteiger partial charge in [0.25, 0.3) is 5.24 Å². The Morgan fingerprint density at radius 2 is 1.59 bits per heavy atom. The van der Waals surface area contributed by atoms with Crippen LogP contribution in [0.4, 0.5) is 4.79 Å². The second-order valence-electron chi connectivity index (χ2n) is 5.23. The molecule has 0 aromatic heterocycles. The van der Waals surface area contributed by atoms with E-state index in [4.69, 9.17) is 4.74 Å². The molecule has 0 aromatic rings. The van der Waals surface area contributed by atoms with Crippen molar-refractivity contribution < 1.29 is 14.3 Å². The van der Waals surface area contributed by atoms with Crippen molar-refractivity contribution in [1.82, 2.24) is 10.6 Å². The molecule has 0 unspecified atom stereocenters. The number of nitrogens with one attached hydrogen (secondary N) is 2. The van der Waals surface area contributed by atoms with Crippen LogP contribution in [0.25, 0.3) is 0 Å². The van der Waals surface area contributed by atoms with Gasteiger partial charge >= 0.3 is 0 Å². The summed E-state index contributed by atoms with van der Waals surface area (Å²) < 4.78 is 5.24. The standard InChI is InChI=1S/C16H32N2O3S/c1-3-5-12-21-14-15(19)17-10-8-6-7-9-11-18-16(20)22-13-4-2/h3-14H2,1-2H3,(H,17,19)(H,18,20). The fraction of sp³-hybridized carbons (Fsp3) is 0.875. The fourth-order valence-electron chi connectivity index (χ4n) is 1.73. The number of rotatable bonds is 14. The van der Waals surface area contributed by atoms with Crippen LogP contribution in [0.1, 0.15) is 58.8 Å². The lowest BCUT2D eigenvalue weighted by molar-refractivity contribution is -0.125. The molecule has 5 nitrogen and oxygen atoms in total. The SMILES string of the molecule is CCCCOCC(=O)NCCCCCCNC(=O)SCCC. The van der Waals surface area contributed by atoms with Crippen LogP contribution in [0.2, 0.25) is 0 Å². The van der Waals surface area contributed by atoms with E-state index in [2.05, 4.69) is 24.5 Å². The molecule has 0 aliphatic rings. The van der Waals surface area contributed by atoms with Gasteiger partial charge in [-0.05, 0) is 25.7 Å². The minimum absolute atomic E-state index is 0.0312. The number of hydrogen-bond acceptors (Lipinski definition) is 4. The first kappa shape index (κ1) is 21.2. The minimum atomic E-state index is -0.0312. The second kappa shape index (κ2) is 16.6. The van der Waals surface area contributed by atoms with Crippen LogP contribution >= 0.6 is 11.8 Å². The lowest BCUT2D eigenvalue weighted by Crippen LogP contribution is -2.28. The molecule has 0 rings (SSSR count). The first-order chi connectivity index (χ1) is 10.7. The molecule has 0 heterocycles. The van der Waals surface area contributed by atoms with E-state index in [1.54, 1.807) is 0 Å². The van der Waals surface area contributed by atoms with Gasteiger partial charge in [0, 0.05) is 25.4 Å². The summed E-state index contributed by atoms with van der Waals surface area (Å²) in [5, 5.41) is 5.83. The lowest BCUT2D eigenvalue weighted by Gasteiger charge is -2.06. The monoisotopic (exact) mass is 332 g/mol. The maximum atomic E-state index is 11.4. The Balaban J connectivity index is 3.22. The fourth-order valence-corrected chi connectivity index (χ4v) is 2.32. The molecule has 0 aromatic carbocycles. The average molecular weight is 333 g/mol. The van der Waals surface area contributed by atoms with E-state index in [1.807, 2.05) is 0 Å². The van der Waals surface area contributed by atoms with Crippen LogP contribution in [0.5, 0.6) is 0 Å². The molecule has 0 atom stereocenters. The molecular formula is C16H32N2O3S. The van der Waals surface area contributed by atoms with Gasteiger partial charge in [0.15, 0.2) is 0 Å². The van der Waals surface area contributed by atoms with Crippen molar-refractivity contribution in [3.05, 3.63) is 0 Å². The van der Waals surface area contributed by atoms with Gasteiger partial charge in [-0.2, -0.15) is 0 Å². The van der Waals surface area contributed by atoms with Crippen molar-refractivity contribution in [3.63, 3.8) is 0 Å². The summed E-state index contributed by atoms with van der Waals surface area (Å²) in [4.78, 5) is 22.7. The Hall–Kier alpha value is -0.750. The maximum Gasteiger partial charge on any atom is 0.279 e. The molecule has 0 saturated heterocycles. The molecule has 0 saturated carbocycles. The molecule has 22 heavy (non-hydrogen) atoms. The highest BCUT2D eigenvalue weighted by Crippen LogP contribution is 2.03. The zero-order chi connectivity index (χ0) is 16.5. The van der Waals surface area contributed by atoms with Gasteiger partial charge in [-0.1, -0.05) is 44.9 Å². The zero-order valence-corrected chi connectivity index (χ0v) is 14.9. The molecule has 0 spiro atoms. The molecule has 2 amide bonds. The summed E-state index contributed by atoms with van der Waals surface area (Å²) in [6, 6.07) is 0. The van der Waals surface area contributed by atoms with Crippen LogP contribution in [-0.4, -0.2) is 43.2 Å². The van der Waals surface area contributed by atoms with Gasteiger partial charge in [0.2, 0.25) is 5.91 Å². The third kappa shape index (κ3) is 15.6. The Bertz CT molecular complexity index is 289. The van der Waals surface area contributed by atoms with Crippen LogP contribution in [0.3, 0.4) is 0 Å². The summed E-state index contributed by atoms with van der Waals surface area (Å²) in [5.74, 6) is 0.851. The maximum absolute atomic E-state index is 11.4. The summed E-state index contributed by atoms with van der Waals surface area (Å²) >= 11 is 1.35. The normalized spacial score (nSPS) is 10.5. The first-order valence-electron chi connectivity index (χ1n) is 8.45. The van der Waals surface area contributed by atoms with Gasteiger partial charge in [-0.15, -0.1) is 0 Å². The number of amides is 2. The highest BCUT2D eigenvalue weighted by Gasteiger charge is 2.01. The molecule has 0 fully saturated rings. The average Bonchev–Trinajstić information content (AvgIpc) is 2.52. The molecular weight excluding hydrogens is 300 g/mol. The van der Waals surface area contributed by atoms with Crippen molar-refractivity contribution >= 4 is 22.9 Å². The van der Waals surface area contributed by atoms with E-state index in [1.165, 1.54) is 11.8 Å². The number of carbonyl (C=O) groups excluding carboxylic acids is 2. The quantitative estimate of drug-likeness (QED) is 0.479. The van der Waals surface area contributed by atoms with Crippen LogP contribution in [-0.2, 0) is 9.53 Å². The van der Waals surface area contributed by atoms with Crippen LogP contribution < -0.4 is 10.6 Å². The van der Waals surface area contributed by atoms with Crippen molar-refractivity contribution in [2.75, 3.05) is 32.1 Å². The molecule has 2 N–H and O–H groups in total. The van der Waals surface area contributed by atoms with E-state index in [-0.39, 0.29) is 17.8 Å². The summed E-state index contributed by atoms with van der Waals surface area (Å²) in [6.45, 7) is 6.44. The predicted octanol–water partition coefficient (Wildman–Crippen LogP) is 3.33. The number of ether oxygens (including phenoxy) is 1. The summed E-state index contributed by atoms with van der Waals surface area (Å²) in [5.41, 5.74) is 0. The highest BCUT2D eigenvalue weighted by molar-refractivity contribution is 8.13. The van der Waals surface area contributed by atoms with Crippen molar-refractivity contribution in [2.24, 2.45) is 0 Å². The van der Waals surface area contributed by atoms with E-state index in [9.17, 15) is 9.59 Å². The first-order valence-corrected chi connectivity index (χ1v) is 9.44. The Labute approximate surface area is 139 Å². The molecule has 6 heteroatoms. The summed E-state index contributed by atoms with van der Waals surface area (Å²) in [6.07, 6.45) is 7.20. The third-order valence-electron chi connectivity index (χ3n) is 3.01. The highest BCUT2D eigenvalue weighted by atomic mass is 32.2. The Morgan fingerprint density at radius 3 is 2.23 bits per heavy atom. The van der Waals surface area contributed by atoms with Gasteiger partial charge in [-0.25, -0.2) is 0 Å². The predicted molar refractivity (Wildman–Crippen MR) is 93.4 cm³/mol. The van der Waals surface area contributed by atoms with E-state index < -0.39 is 0 Å². The lowest BCUT2D eigenvalue weighted by atomic mass is 10.2. The third-order valence-corrected chi connectivity index (χ3v) is 4.03. The van der Waals surface area contributed by atoms with Crippen LogP contribution in [0, 0.1) is 0 Å². The van der Waals surface area contributed by atoms with Gasteiger partial charge in [-0.3, -0.25) is 9.59 Å². The molecule has 0 bridgehead atoms. The van der Waals surface area contributed by atoms with E-state index in [0.717, 1.165) is 57.2 Å². The molecule has 0 aliphatic carbocycles. The largest absolute Gasteiger partial charge is 0.372 e. The van der Waals surface area contributed by atoms with Crippen molar-refractivity contribution in [3.8, 4) is 0 Å². The van der Waals surface area contributed by atoms with E-state index >= 15 is 0 Å². The van der Waals surface area contributed by atoms with Crippen molar-refractivity contribution in [2.45, 2.75) is 58.8 Å². The zero-order valence-electron chi connectivity index (χ0n) is 14.1. The minimum Gasteiger partial charge on any atom is -0.372 e. The smallest absolute Gasteiger partial charge is 0.279 e. The Morgan fingerprint density at radius 1 is 0.909 bits per heavy atom. The second-order valence-corrected chi connectivity index (χ2v) is 6.30. The number of unbranched alkanes of at least 4 members (excludes halogenated alkanes) is 4. The van der Waals surface area contributed by atoms with Gasteiger partial charge in [0.05, 0.1) is 0 Å². The number of thioether (sulfide) groups is 1.